The van der Waals surface area contributed by atoms with Crippen LogP contribution in [0.25, 0.3) is 0 Å². The summed E-state index contributed by atoms with van der Waals surface area (Å²) in [6.45, 7) is 19.5. The van der Waals surface area contributed by atoms with Crippen molar-refractivity contribution in [1.29, 1.82) is 0 Å². The van der Waals surface area contributed by atoms with E-state index in [0.29, 0.717) is 0 Å². The van der Waals surface area contributed by atoms with E-state index in [1.165, 1.54) is 154 Å². The van der Waals surface area contributed by atoms with Gasteiger partial charge in [0.05, 0.1) is 52.9 Å². The van der Waals surface area contributed by atoms with Gasteiger partial charge >= 0.3 is 21.1 Å². The Hall–Kier alpha value is 1.13. The van der Waals surface area contributed by atoms with Crippen LogP contribution in [0.2, 0.25) is 0 Å². The van der Waals surface area contributed by atoms with E-state index in [1.54, 1.807) is 0 Å². The summed E-state index contributed by atoms with van der Waals surface area (Å²) in [5, 5.41) is 0. The van der Waals surface area contributed by atoms with Gasteiger partial charge in [0.1, 0.15) is 0 Å². The summed E-state index contributed by atoms with van der Waals surface area (Å²) in [6.07, 6.45) is 53.3. The molecule has 0 aromatic carbocycles. The zero-order valence-corrected chi connectivity index (χ0v) is 61.9. The van der Waals surface area contributed by atoms with Gasteiger partial charge in [0.2, 0.25) is 0 Å². The largest absolute Gasteiger partial charge is 4.00 e. The van der Waals surface area contributed by atoms with Crippen LogP contribution in [-0.2, 0) is 75.5 Å². The molecule has 0 rings (SSSR count). The van der Waals surface area contributed by atoms with E-state index in [2.05, 4.69) is 55.4 Å². The molecular formula is C64H136MoO16P4. The molecule has 0 aliphatic carbocycles. The Balaban J connectivity index is -0.000000333. The molecule has 21 heteroatoms. The van der Waals surface area contributed by atoms with Crippen molar-refractivity contribution in [3.63, 3.8) is 0 Å². The quantitative estimate of drug-likeness (QED) is 0.0313. The molecule has 0 bridgehead atoms. The predicted molar refractivity (Wildman–Crippen MR) is 345 cm³/mol. The Kier molecular flexibility index (Phi) is 84.6. The van der Waals surface area contributed by atoms with Crippen LogP contribution in [0.1, 0.15) is 364 Å². The number of hydrogen-bond donors (Lipinski definition) is 0. The zero-order chi connectivity index (χ0) is 63.3. The molecule has 0 heterocycles. The molecule has 0 unspecified atom stereocenters. The molecule has 0 radical (unpaired) electrons. The molecule has 16 nitrogen and oxygen atoms in total. The van der Waals surface area contributed by atoms with E-state index in [-0.39, 0.29) is 73.9 Å². The molecule has 85 heavy (non-hydrogen) atoms. The summed E-state index contributed by atoms with van der Waals surface area (Å²) in [4.78, 5) is 45.9. The van der Waals surface area contributed by atoms with E-state index in [9.17, 15) is 37.8 Å². The van der Waals surface area contributed by atoms with Gasteiger partial charge in [-0.2, -0.15) is 0 Å². The van der Waals surface area contributed by atoms with Gasteiger partial charge in [-0.3, -0.25) is 18.3 Å². The van der Waals surface area contributed by atoms with Crippen LogP contribution < -0.4 is 19.6 Å². The third-order valence-electron chi connectivity index (χ3n) is 14.0. The van der Waals surface area contributed by atoms with Crippen LogP contribution in [-0.4, -0.2) is 52.9 Å². The fourth-order valence-electron chi connectivity index (χ4n) is 8.62. The minimum absolute atomic E-state index is 0. The van der Waals surface area contributed by atoms with Gasteiger partial charge in [-0.1, -0.05) is 312 Å². The molecule has 514 valence electrons. The Bertz CT molecular complexity index is 1160. The number of hydrogen-bond acceptors (Lipinski definition) is 16. The first-order chi connectivity index (χ1) is 40.5. The summed E-state index contributed by atoms with van der Waals surface area (Å²) in [6, 6.07) is 0. The molecule has 0 fully saturated rings. The molecule has 0 aromatic heterocycles. The van der Waals surface area contributed by atoms with Crippen molar-refractivity contribution in [1.82, 2.24) is 0 Å². The number of phosphoric acid groups is 4. The van der Waals surface area contributed by atoms with Crippen molar-refractivity contribution >= 4 is 31.3 Å². The second-order valence-electron chi connectivity index (χ2n) is 22.6. The molecule has 0 saturated heterocycles. The third kappa shape index (κ3) is 89.4. The van der Waals surface area contributed by atoms with E-state index in [1.807, 2.05) is 0 Å². The summed E-state index contributed by atoms with van der Waals surface area (Å²) in [5.74, 6) is 0. The molecule has 0 amide bonds. The molecule has 0 saturated carbocycles. The van der Waals surface area contributed by atoms with E-state index >= 15 is 0 Å². The van der Waals surface area contributed by atoms with E-state index < -0.39 is 31.3 Å². The molecule has 0 atom stereocenters. The molecule has 0 aliphatic heterocycles. The Morgan fingerprint density at radius 2 is 0.259 bits per heavy atom. The molecule has 0 N–H and O–H groups in total. The molecular weight excluding hydrogens is 1240 g/mol. The Morgan fingerprint density at radius 1 is 0.176 bits per heavy atom. The van der Waals surface area contributed by atoms with Crippen LogP contribution in [0, 0.1) is 0 Å². The van der Waals surface area contributed by atoms with E-state index in [4.69, 9.17) is 36.2 Å². The summed E-state index contributed by atoms with van der Waals surface area (Å²) >= 11 is 0. The van der Waals surface area contributed by atoms with Gasteiger partial charge in [-0.25, -0.2) is 0 Å². The monoisotopic (exact) mass is 1380 g/mol. The number of unbranched alkanes of at least 4 members (excludes halogenated alkanes) is 40. The molecule has 0 aliphatic rings. The van der Waals surface area contributed by atoms with Crippen molar-refractivity contribution in [2.24, 2.45) is 0 Å². The van der Waals surface area contributed by atoms with Gasteiger partial charge in [0.15, 0.2) is 0 Å². The van der Waals surface area contributed by atoms with Crippen molar-refractivity contribution in [2.45, 2.75) is 364 Å². The summed E-state index contributed by atoms with van der Waals surface area (Å²) < 4.78 is 84.8. The van der Waals surface area contributed by atoms with Crippen molar-refractivity contribution in [3.05, 3.63) is 0 Å². The normalized spacial score (nSPS) is 11.8. The fraction of sp³-hybridized carbons (Fsp3) is 1.00. The average molecular weight is 1380 g/mol. The summed E-state index contributed by atoms with van der Waals surface area (Å²) in [5.41, 5.74) is 0. The standard InChI is InChI=1S/4C16H35O4P.Mo/c4*1-3-5-7-9-11-13-15-19-21(17,18)20-16-14-12-10-8-6-4-2;/h4*3-16H2,1-2H3,(H,17,18);/q;;;;+4/p-4. The zero-order valence-electron chi connectivity index (χ0n) is 56.3. The first-order valence-corrected chi connectivity index (χ1v) is 40.7. The maximum atomic E-state index is 11.5. The predicted octanol–water partition coefficient (Wildman–Crippen LogP) is 20.8. The first-order valence-electron chi connectivity index (χ1n) is 34.9. The van der Waals surface area contributed by atoms with Gasteiger partial charge < -0.3 is 55.8 Å². The van der Waals surface area contributed by atoms with Crippen molar-refractivity contribution < 1.29 is 95.1 Å². The van der Waals surface area contributed by atoms with Crippen LogP contribution in [0.3, 0.4) is 0 Å². The average Bonchev–Trinajstić information content (AvgIpc) is 3.50. The van der Waals surface area contributed by atoms with Crippen LogP contribution in [0.15, 0.2) is 0 Å². The first kappa shape index (κ1) is 94.8. The van der Waals surface area contributed by atoms with Crippen LogP contribution in [0.4, 0.5) is 0 Å². The van der Waals surface area contributed by atoms with Crippen LogP contribution in [0.5, 0.6) is 0 Å². The minimum Gasteiger partial charge on any atom is -0.756 e. The van der Waals surface area contributed by atoms with Gasteiger partial charge in [-0.15, -0.1) is 0 Å². The molecule has 0 spiro atoms. The number of phosphoric ester groups is 4. The SMILES string of the molecule is CCCCCCCCOP(=O)([O-])OCCCCCCCC.CCCCCCCCOP(=O)([O-])OCCCCCCCC.CCCCCCCCOP(=O)([O-])OCCCCCCCC.CCCCCCCCOP(=O)([O-])OCCCCCCCC.[Mo+4]. The van der Waals surface area contributed by atoms with Crippen LogP contribution >= 0.6 is 31.3 Å². The maximum Gasteiger partial charge on any atom is 4.00 e. The minimum atomic E-state index is -4.07. The van der Waals surface area contributed by atoms with Crippen molar-refractivity contribution in [2.75, 3.05) is 52.9 Å². The summed E-state index contributed by atoms with van der Waals surface area (Å²) in [7, 11) is -16.3. The number of rotatable bonds is 64. The van der Waals surface area contributed by atoms with Crippen molar-refractivity contribution in [3.8, 4) is 0 Å². The third-order valence-corrected chi connectivity index (χ3v) is 18.0. The van der Waals surface area contributed by atoms with Gasteiger partial charge in [0, 0.05) is 0 Å². The topological polar surface area (TPSA) is 234 Å². The van der Waals surface area contributed by atoms with E-state index in [0.717, 1.165) is 154 Å². The Labute approximate surface area is 539 Å². The molecule has 0 aromatic rings. The van der Waals surface area contributed by atoms with Gasteiger partial charge in [0.25, 0.3) is 31.3 Å². The second-order valence-corrected chi connectivity index (χ2v) is 28.2. The smallest absolute Gasteiger partial charge is 0.756 e. The second kappa shape index (κ2) is 75.8. The maximum absolute atomic E-state index is 11.5. The van der Waals surface area contributed by atoms with Gasteiger partial charge in [-0.05, 0) is 51.4 Å². The fourth-order valence-corrected chi connectivity index (χ4v) is 11.7. The Morgan fingerprint density at radius 3 is 0.353 bits per heavy atom.